The molecule has 0 aliphatic heterocycles. The van der Waals surface area contributed by atoms with Gasteiger partial charge in [0.15, 0.2) is 0 Å². The Kier molecular flexibility index (Phi) is 4.54. The average molecular weight is 332 g/mol. The van der Waals surface area contributed by atoms with Crippen molar-refractivity contribution >= 4 is 46.4 Å². The highest BCUT2D eigenvalue weighted by Crippen LogP contribution is 2.41. The number of nitrogens with zero attached hydrogens (tertiary/aromatic N) is 2. The van der Waals surface area contributed by atoms with Gasteiger partial charge in [0.05, 0.1) is 38.3 Å². The van der Waals surface area contributed by atoms with Gasteiger partial charge in [-0.2, -0.15) is 5.26 Å². The van der Waals surface area contributed by atoms with Crippen LogP contribution in [0.25, 0.3) is 11.3 Å². The summed E-state index contributed by atoms with van der Waals surface area (Å²) in [7, 11) is 0. The van der Waals surface area contributed by atoms with Gasteiger partial charge in [-0.25, -0.2) is 0 Å². The lowest BCUT2D eigenvalue weighted by Crippen LogP contribution is -1.93. The van der Waals surface area contributed by atoms with E-state index in [1.165, 1.54) is 0 Å². The number of hydrogen-bond donors (Lipinski definition) is 0. The Morgan fingerprint density at radius 2 is 1.68 bits per heavy atom. The largest absolute Gasteiger partial charge is 0.255 e. The molecule has 6 heteroatoms. The molecule has 0 aliphatic rings. The lowest BCUT2D eigenvalue weighted by molar-refractivity contribution is 1.21. The minimum atomic E-state index is 0.185. The van der Waals surface area contributed by atoms with Gasteiger partial charge in [0.25, 0.3) is 0 Å². The monoisotopic (exact) mass is 330 g/mol. The summed E-state index contributed by atoms with van der Waals surface area (Å²) in [6, 6.07) is 6.95. The fourth-order valence-corrected chi connectivity index (χ4v) is 2.60. The van der Waals surface area contributed by atoms with Crippen LogP contribution in [0.3, 0.4) is 0 Å². The van der Waals surface area contributed by atoms with Gasteiger partial charge in [-0.1, -0.05) is 46.4 Å². The van der Waals surface area contributed by atoms with Crippen LogP contribution in [-0.4, -0.2) is 4.98 Å². The predicted molar refractivity (Wildman–Crippen MR) is 79.0 cm³/mol. The third-order valence-corrected chi connectivity index (χ3v) is 4.06. The molecule has 1 heterocycles. The summed E-state index contributed by atoms with van der Waals surface area (Å²) in [4.78, 5) is 4.19. The second kappa shape index (κ2) is 5.98. The smallest absolute Gasteiger partial charge is 0.0921 e. The van der Waals surface area contributed by atoms with E-state index >= 15 is 0 Å². The molecule has 0 radical (unpaired) electrons. The van der Waals surface area contributed by atoms with Crippen molar-refractivity contribution in [2.75, 3.05) is 0 Å². The molecule has 1 aromatic heterocycles. The lowest BCUT2D eigenvalue weighted by atomic mass is 10.1. The van der Waals surface area contributed by atoms with Crippen LogP contribution in [0, 0.1) is 11.3 Å². The molecule has 0 amide bonds. The number of aromatic nitrogens is 1. The highest BCUT2D eigenvalue weighted by atomic mass is 35.5. The van der Waals surface area contributed by atoms with E-state index < -0.39 is 0 Å². The maximum absolute atomic E-state index is 8.76. The van der Waals surface area contributed by atoms with E-state index in [4.69, 9.17) is 51.7 Å². The molecule has 1 aromatic carbocycles. The summed E-state index contributed by atoms with van der Waals surface area (Å²) in [6.07, 6.45) is 1.74. The van der Waals surface area contributed by atoms with Gasteiger partial charge in [-0.15, -0.1) is 0 Å². The molecule has 0 atom stereocenters. The minimum absolute atomic E-state index is 0.185. The van der Waals surface area contributed by atoms with Crippen LogP contribution in [-0.2, 0) is 6.42 Å². The van der Waals surface area contributed by atoms with Crippen LogP contribution in [0.15, 0.2) is 24.4 Å². The molecule has 96 valence electrons. The predicted octanol–water partition coefficient (Wildman–Crippen LogP) is 5.43. The van der Waals surface area contributed by atoms with Gasteiger partial charge >= 0.3 is 0 Å². The van der Waals surface area contributed by atoms with E-state index in [2.05, 4.69) is 4.98 Å². The first-order valence-corrected chi connectivity index (χ1v) is 6.71. The van der Waals surface area contributed by atoms with Crippen molar-refractivity contribution in [2.24, 2.45) is 0 Å². The lowest BCUT2D eigenvalue weighted by Gasteiger charge is -2.11. The second-order valence-corrected chi connectivity index (χ2v) is 5.26. The molecule has 0 fully saturated rings. The molecule has 0 unspecified atom stereocenters. The summed E-state index contributed by atoms with van der Waals surface area (Å²) < 4.78 is 0. The summed E-state index contributed by atoms with van der Waals surface area (Å²) in [5.74, 6) is 0. The zero-order chi connectivity index (χ0) is 14.0. The molecule has 0 bridgehead atoms. The Bertz CT molecular complexity index is 677. The van der Waals surface area contributed by atoms with Crippen LogP contribution < -0.4 is 0 Å². The van der Waals surface area contributed by atoms with Crippen molar-refractivity contribution in [1.29, 1.82) is 5.26 Å². The van der Waals surface area contributed by atoms with Gasteiger partial charge in [-0.3, -0.25) is 4.98 Å². The number of halogens is 4. The number of rotatable bonds is 2. The van der Waals surface area contributed by atoms with E-state index in [-0.39, 0.29) is 11.4 Å². The normalized spacial score (nSPS) is 10.3. The van der Waals surface area contributed by atoms with Crippen LogP contribution in [0.2, 0.25) is 20.1 Å². The molecular weight excluding hydrogens is 326 g/mol. The summed E-state index contributed by atoms with van der Waals surface area (Å²) in [5.41, 5.74) is 1.56. The summed E-state index contributed by atoms with van der Waals surface area (Å²) >= 11 is 24.5. The topological polar surface area (TPSA) is 36.7 Å². The van der Waals surface area contributed by atoms with Gasteiger partial charge in [0.2, 0.25) is 0 Å². The zero-order valence-corrected chi connectivity index (χ0v) is 12.4. The van der Waals surface area contributed by atoms with Crippen LogP contribution in [0.1, 0.15) is 5.56 Å². The Labute approximate surface area is 130 Å². The Morgan fingerprint density at radius 3 is 2.37 bits per heavy atom. The summed E-state index contributed by atoms with van der Waals surface area (Å²) in [5, 5.41) is 10.2. The van der Waals surface area contributed by atoms with Crippen LogP contribution in [0.5, 0.6) is 0 Å². The minimum Gasteiger partial charge on any atom is -0.255 e. The number of nitriles is 1. The number of benzene rings is 1. The molecule has 0 saturated heterocycles. The SMILES string of the molecule is N#CCc1ccnc(-c2c(Cl)ccc(Cl)c2Cl)c1Cl. The fourth-order valence-electron chi connectivity index (χ4n) is 1.62. The van der Waals surface area contributed by atoms with Crippen LogP contribution in [0.4, 0.5) is 0 Å². The highest BCUT2D eigenvalue weighted by Gasteiger charge is 2.17. The third-order valence-electron chi connectivity index (χ3n) is 2.52. The first-order chi connectivity index (χ1) is 9.06. The fraction of sp³-hybridized carbons (Fsp3) is 0.0769. The maximum atomic E-state index is 8.76. The highest BCUT2D eigenvalue weighted by molar-refractivity contribution is 6.46. The first kappa shape index (κ1) is 14.4. The Hall–Kier alpha value is -0.980. The molecule has 2 aromatic rings. The van der Waals surface area contributed by atoms with E-state index in [9.17, 15) is 0 Å². The van der Waals surface area contributed by atoms with Crippen molar-refractivity contribution in [1.82, 2.24) is 4.98 Å². The molecule has 2 rings (SSSR count). The average Bonchev–Trinajstić information content (AvgIpc) is 2.39. The zero-order valence-electron chi connectivity index (χ0n) is 9.42. The van der Waals surface area contributed by atoms with E-state index in [1.54, 1.807) is 24.4 Å². The molecule has 0 aliphatic carbocycles. The van der Waals surface area contributed by atoms with Gasteiger partial charge in [-0.05, 0) is 23.8 Å². The van der Waals surface area contributed by atoms with Crippen molar-refractivity contribution < 1.29 is 0 Å². The standard InChI is InChI=1S/C13H6Cl4N2/c14-8-1-2-9(15)12(17)10(8)13-11(16)7(3-5-18)4-6-19-13/h1-2,4,6H,3H2. The van der Waals surface area contributed by atoms with E-state index in [0.29, 0.717) is 31.9 Å². The van der Waals surface area contributed by atoms with E-state index in [1.807, 2.05) is 6.07 Å². The van der Waals surface area contributed by atoms with Gasteiger partial charge in [0, 0.05) is 11.8 Å². The van der Waals surface area contributed by atoms with Crippen LogP contribution >= 0.6 is 46.4 Å². The molecule has 0 saturated carbocycles. The van der Waals surface area contributed by atoms with Crippen molar-refractivity contribution in [3.63, 3.8) is 0 Å². The molecule has 0 spiro atoms. The Morgan fingerprint density at radius 1 is 1.00 bits per heavy atom. The second-order valence-electron chi connectivity index (χ2n) is 3.69. The molecule has 0 N–H and O–H groups in total. The number of hydrogen-bond acceptors (Lipinski definition) is 2. The van der Waals surface area contributed by atoms with Crippen molar-refractivity contribution in [3.8, 4) is 17.3 Å². The van der Waals surface area contributed by atoms with E-state index in [0.717, 1.165) is 0 Å². The molecule has 2 nitrogen and oxygen atoms in total. The van der Waals surface area contributed by atoms with Gasteiger partial charge in [0.1, 0.15) is 0 Å². The third kappa shape index (κ3) is 2.80. The number of pyridine rings is 1. The molecular formula is C13H6Cl4N2. The molecule has 19 heavy (non-hydrogen) atoms. The first-order valence-electron chi connectivity index (χ1n) is 5.20. The summed E-state index contributed by atoms with van der Waals surface area (Å²) in [6.45, 7) is 0. The maximum Gasteiger partial charge on any atom is 0.0921 e. The van der Waals surface area contributed by atoms with Crippen molar-refractivity contribution in [3.05, 3.63) is 50.0 Å². The van der Waals surface area contributed by atoms with Gasteiger partial charge < -0.3 is 0 Å². The van der Waals surface area contributed by atoms with Crippen molar-refractivity contribution in [2.45, 2.75) is 6.42 Å². The quantitative estimate of drug-likeness (QED) is 0.688. The Balaban J connectivity index is 2.70.